The summed E-state index contributed by atoms with van der Waals surface area (Å²) in [6.07, 6.45) is 7.58. The Morgan fingerprint density at radius 3 is 2.40 bits per heavy atom. The topological polar surface area (TPSA) is 128 Å². The van der Waals surface area contributed by atoms with Gasteiger partial charge in [-0.25, -0.2) is 9.78 Å². The molecule has 3 aliphatic heterocycles. The van der Waals surface area contributed by atoms with Crippen LogP contribution in [0.4, 0.5) is 16.3 Å². The van der Waals surface area contributed by atoms with Crippen molar-refractivity contribution in [3.05, 3.63) is 17.8 Å². The van der Waals surface area contributed by atoms with E-state index in [2.05, 4.69) is 20.5 Å². The highest BCUT2D eigenvalue weighted by Gasteiger charge is 2.32. The maximum absolute atomic E-state index is 12.2. The minimum Gasteiger partial charge on any atom is -0.453 e. The highest BCUT2D eigenvalue weighted by Crippen LogP contribution is 2.32. The minimum absolute atomic E-state index is 0.190. The molecule has 1 atom stereocenters. The van der Waals surface area contributed by atoms with E-state index in [1.807, 2.05) is 6.07 Å². The molecule has 0 aromatic carbocycles. The third-order valence-corrected chi connectivity index (χ3v) is 7.69. The van der Waals surface area contributed by atoms with Crippen LogP contribution < -0.4 is 15.5 Å². The van der Waals surface area contributed by atoms with Gasteiger partial charge in [-0.15, -0.1) is 0 Å². The molecule has 3 saturated heterocycles. The molecule has 3 fully saturated rings. The SMILES string of the molecule is CNc1cc(N2CCC(CC3CCN(C(=O)OC)CC3)CC2)ncc1C(=N)C1CCC(=O)NC1=O. The second-order valence-corrected chi connectivity index (χ2v) is 9.82. The van der Waals surface area contributed by atoms with Gasteiger partial charge >= 0.3 is 6.09 Å². The number of hydrogen-bond donors (Lipinski definition) is 3. The molecule has 1 aromatic heterocycles. The number of methoxy groups -OCH3 is 1. The molecule has 0 radical (unpaired) electrons. The van der Waals surface area contributed by atoms with Gasteiger partial charge in [-0.1, -0.05) is 0 Å². The number of nitrogens with one attached hydrogen (secondary N) is 3. The van der Waals surface area contributed by atoms with Crippen LogP contribution in [0, 0.1) is 23.2 Å². The number of nitrogens with zero attached hydrogens (tertiary/aromatic N) is 3. The normalized spacial score (nSPS) is 22.1. The van der Waals surface area contributed by atoms with E-state index in [4.69, 9.17) is 10.1 Å². The lowest BCUT2D eigenvalue weighted by Gasteiger charge is -2.37. The Labute approximate surface area is 206 Å². The summed E-state index contributed by atoms with van der Waals surface area (Å²) in [4.78, 5) is 44.1. The van der Waals surface area contributed by atoms with E-state index in [0.717, 1.165) is 63.4 Å². The van der Waals surface area contributed by atoms with Gasteiger partial charge in [0.15, 0.2) is 0 Å². The summed E-state index contributed by atoms with van der Waals surface area (Å²) in [7, 11) is 3.24. The fourth-order valence-corrected chi connectivity index (χ4v) is 5.54. The zero-order valence-electron chi connectivity index (χ0n) is 20.6. The molecule has 3 amide bonds. The summed E-state index contributed by atoms with van der Waals surface area (Å²) in [6, 6.07) is 1.96. The fraction of sp³-hybridized carbons (Fsp3) is 0.640. The van der Waals surface area contributed by atoms with Crippen LogP contribution in [-0.2, 0) is 14.3 Å². The van der Waals surface area contributed by atoms with Crippen molar-refractivity contribution in [1.82, 2.24) is 15.2 Å². The van der Waals surface area contributed by atoms with Crippen LogP contribution >= 0.6 is 0 Å². The average Bonchev–Trinajstić information content (AvgIpc) is 2.88. The van der Waals surface area contributed by atoms with Crippen molar-refractivity contribution in [1.29, 1.82) is 5.41 Å². The third kappa shape index (κ3) is 5.74. The molecule has 190 valence electrons. The summed E-state index contributed by atoms with van der Waals surface area (Å²) < 4.78 is 4.83. The van der Waals surface area contributed by atoms with Crippen LogP contribution in [0.2, 0.25) is 0 Å². The van der Waals surface area contributed by atoms with Crippen molar-refractivity contribution in [2.24, 2.45) is 17.8 Å². The van der Waals surface area contributed by atoms with Crippen LogP contribution in [0.1, 0.15) is 50.5 Å². The van der Waals surface area contributed by atoms with Gasteiger partial charge in [0, 0.05) is 63.2 Å². The van der Waals surface area contributed by atoms with Crippen molar-refractivity contribution < 1.29 is 19.1 Å². The molecule has 35 heavy (non-hydrogen) atoms. The molecule has 0 saturated carbocycles. The predicted octanol–water partition coefficient (Wildman–Crippen LogP) is 2.63. The molecule has 3 aliphatic rings. The van der Waals surface area contributed by atoms with Crippen LogP contribution in [-0.4, -0.2) is 73.8 Å². The summed E-state index contributed by atoms with van der Waals surface area (Å²) in [5.41, 5.74) is 1.55. The number of carbonyl (C=O) groups is 3. The number of rotatable bonds is 6. The van der Waals surface area contributed by atoms with Crippen molar-refractivity contribution in [3.8, 4) is 0 Å². The van der Waals surface area contributed by atoms with Gasteiger partial charge in [0.25, 0.3) is 0 Å². The Morgan fingerprint density at radius 1 is 1.14 bits per heavy atom. The number of hydrogen-bond acceptors (Lipinski definition) is 8. The number of likely N-dealkylation sites (tertiary alicyclic amines) is 1. The number of ether oxygens (including phenoxy) is 1. The maximum Gasteiger partial charge on any atom is 0.409 e. The van der Waals surface area contributed by atoms with Gasteiger partial charge in [-0.3, -0.25) is 14.9 Å². The van der Waals surface area contributed by atoms with Gasteiger partial charge in [0.1, 0.15) is 5.82 Å². The quantitative estimate of drug-likeness (QED) is 0.418. The highest BCUT2D eigenvalue weighted by molar-refractivity contribution is 6.17. The first-order valence-electron chi connectivity index (χ1n) is 12.6. The van der Waals surface area contributed by atoms with Gasteiger partial charge in [-0.05, 0) is 50.4 Å². The average molecular weight is 485 g/mol. The molecule has 1 unspecified atom stereocenters. The fourth-order valence-electron chi connectivity index (χ4n) is 5.54. The Kier molecular flexibility index (Phi) is 7.87. The first-order valence-corrected chi connectivity index (χ1v) is 12.6. The third-order valence-electron chi connectivity index (χ3n) is 7.69. The molecule has 4 rings (SSSR count). The predicted molar refractivity (Wildman–Crippen MR) is 133 cm³/mol. The van der Waals surface area contributed by atoms with Crippen molar-refractivity contribution >= 4 is 35.1 Å². The van der Waals surface area contributed by atoms with Gasteiger partial charge < -0.3 is 25.3 Å². The van der Waals surface area contributed by atoms with E-state index in [1.165, 1.54) is 13.5 Å². The lowest BCUT2D eigenvalue weighted by atomic mass is 9.83. The van der Waals surface area contributed by atoms with E-state index in [9.17, 15) is 14.4 Å². The largest absolute Gasteiger partial charge is 0.453 e. The molecule has 0 bridgehead atoms. The van der Waals surface area contributed by atoms with Crippen molar-refractivity contribution in [2.45, 2.75) is 44.9 Å². The van der Waals surface area contributed by atoms with Crippen molar-refractivity contribution in [2.75, 3.05) is 50.6 Å². The molecule has 0 aliphatic carbocycles. The molecule has 1 aromatic rings. The number of pyridine rings is 1. The molecule has 3 N–H and O–H groups in total. The number of carbonyl (C=O) groups excluding carboxylic acids is 3. The van der Waals surface area contributed by atoms with E-state index in [0.29, 0.717) is 23.8 Å². The summed E-state index contributed by atoms with van der Waals surface area (Å²) in [6.45, 7) is 3.44. The number of amides is 3. The van der Waals surface area contributed by atoms with Crippen molar-refractivity contribution in [3.63, 3.8) is 0 Å². The monoisotopic (exact) mass is 484 g/mol. The smallest absolute Gasteiger partial charge is 0.409 e. The molecular weight excluding hydrogens is 448 g/mol. The molecule has 10 nitrogen and oxygen atoms in total. The lowest BCUT2D eigenvalue weighted by molar-refractivity contribution is -0.134. The number of aromatic nitrogens is 1. The van der Waals surface area contributed by atoms with Gasteiger partial charge in [-0.2, -0.15) is 0 Å². The minimum atomic E-state index is -0.636. The molecule has 0 spiro atoms. The zero-order chi connectivity index (χ0) is 24.9. The Morgan fingerprint density at radius 2 is 1.80 bits per heavy atom. The highest BCUT2D eigenvalue weighted by atomic mass is 16.5. The van der Waals surface area contributed by atoms with Crippen LogP contribution in [0.25, 0.3) is 0 Å². The molecular formula is C25H36N6O4. The van der Waals surface area contributed by atoms with Gasteiger partial charge in [0.2, 0.25) is 11.8 Å². The summed E-state index contributed by atoms with van der Waals surface area (Å²) >= 11 is 0. The molecule has 10 heteroatoms. The van der Waals surface area contributed by atoms with Crippen LogP contribution in [0.3, 0.4) is 0 Å². The van der Waals surface area contributed by atoms with E-state index in [1.54, 1.807) is 18.1 Å². The Hall–Kier alpha value is -3.17. The number of imide groups is 1. The number of piperidine rings is 3. The number of anilines is 2. The second-order valence-electron chi connectivity index (χ2n) is 9.82. The standard InChI is InChI=1S/C25H36N6O4/c1-27-20-14-21(28-15-19(20)23(26)18-3-4-22(32)29-24(18)33)30-9-5-16(6-10-30)13-17-7-11-31(12-8-17)25(34)35-2/h14-18,26H,3-13H2,1-2H3,(H,27,28)(H,29,32,33). The van der Waals surface area contributed by atoms with E-state index < -0.39 is 11.8 Å². The maximum atomic E-state index is 12.2. The summed E-state index contributed by atoms with van der Waals surface area (Å²) in [5.74, 6) is 0.900. The van der Waals surface area contributed by atoms with Crippen LogP contribution in [0.5, 0.6) is 0 Å². The van der Waals surface area contributed by atoms with E-state index in [-0.39, 0.29) is 24.1 Å². The second kappa shape index (κ2) is 11.0. The summed E-state index contributed by atoms with van der Waals surface area (Å²) in [5, 5.41) is 14.1. The zero-order valence-corrected chi connectivity index (χ0v) is 20.6. The lowest BCUT2D eigenvalue weighted by Crippen LogP contribution is -2.44. The van der Waals surface area contributed by atoms with Crippen LogP contribution in [0.15, 0.2) is 12.3 Å². The van der Waals surface area contributed by atoms with Gasteiger partial charge in [0.05, 0.1) is 18.7 Å². The Balaban J connectivity index is 1.31. The van der Waals surface area contributed by atoms with E-state index >= 15 is 0 Å². The Bertz CT molecular complexity index is 967. The first-order chi connectivity index (χ1) is 16.9. The molecule has 4 heterocycles. The first kappa shape index (κ1) is 24.9.